The Labute approximate surface area is 112 Å². The van der Waals surface area contributed by atoms with Crippen LogP contribution in [0, 0.1) is 6.92 Å². The summed E-state index contributed by atoms with van der Waals surface area (Å²) in [5.41, 5.74) is 7.08. The highest BCUT2D eigenvalue weighted by atomic mass is 32.1. The van der Waals surface area contributed by atoms with Crippen LogP contribution in [-0.2, 0) is 4.74 Å². The minimum atomic E-state index is -0.368. The Morgan fingerprint density at radius 2 is 2.06 bits per heavy atom. The molecule has 0 bridgehead atoms. The number of carbonyl (C=O) groups is 1. The fourth-order valence-electron chi connectivity index (χ4n) is 1.63. The van der Waals surface area contributed by atoms with E-state index in [1.54, 1.807) is 6.92 Å². The van der Waals surface area contributed by atoms with Crippen LogP contribution in [0.1, 0.15) is 49.0 Å². The Morgan fingerprint density at radius 3 is 2.67 bits per heavy atom. The van der Waals surface area contributed by atoms with Crippen LogP contribution in [0.3, 0.4) is 0 Å². The molecule has 0 saturated carbocycles. The molecule has 0 aliphatic carbocycles. The van der Waals surface area contributed by atoms with E-state index in [1.807, 2.05) is 6.92 Å². The number of nitrogens with two attached hydrogens (primary N) is 1. The van der Waals surface area contributed by atoms with Crippen molar-refractivity contribution in [3.8, 4) is 5.06 Å². The highest BCUT2D eigenvalue weighted by Crippen LogP contribution is 2.37. The van der Waals surface area contributed by atoms with Crippen molar-refractivity contribution in [3.63, 3.8) is 0 Å². The maximum atomic E-state index is 11.7. The van der Waals surface area contributed by atoms with Gasteiger partial charge in [0.1, 0.15) is 10.6 Å². The molecular weight excluding hydrogens is 250 g/mol. The summed E-state index contributed by atoms with van der Waals surface area (Å²) in [7, 11) is 0. The number of ether oxygens (including phenoxy) is 2. The summed E-state index contributed by atoms with van der Waals surface area (Å²) in [5, 5.41) is 1.20. The lowest BCUT2D eigenvalue weighted by Gasteiger charge is -2.05. The van der Waals surface area contributed by atoms with Crippen molar-refractivity contribution in [1.82, 2.24) is 0 Å². The molecule has 1 aromatic rings. The predicted molar refractivity (Wildman–Crippen MR) is 74.4 cm³/mol. The van der Waals surface area contributed by atoms with Crippen molar-refractivity contribution in [1.29, 1.82) is 0 Å². The Balaban J connectivity index is 2.71. The number of anilines is 1. The van der Waals surface area contributed by atoms with Crippen LogP contribution in [-0.4, -0.2) is 19.2 Å². The van der Waals surface area contributed by atoms with Crippen LogP contribution >= 0.6 is 11.3 Å². The maximum Gasteiger partial charge on any atom is 0.341 e. The lowest BCUT2D eigenvalue weighted by atomic mass is 10.2. The molecule has 0 fully saturated rings. The lowest BCUT2D eigenvalue weighted by Crippen LogP contribution is -2.07. The van der Waals surface area contributed by atoms with Gasteiger partial charge in [0.05, 0.1) is 13.2 Å². The van der Waals surface area contributed by atoms with Gasteiger partial charge in [0.2, 0.25) is 0 Å². The van der Waals surface area contributed by atoms with Crippen molar-refractivity contribution in [2.45, 2.75) is 40.0 Å². The van der Waals surface area contributed by atoms with Gasteiger partial charge in [-0.05, 0) is 20.3 Å². The smallest absolute Gasteiger partial charge is 0.341 e. The van der Waals surface area contributed by atoms with Crippen LogP contribution in [0.15, 0.2) is 0 Å². The number of rotatable bonds is 7. The highest BCUT2D eigenvalue weighted by Gasteiger charge is 2.21. The van der Waals surface area contributed by atoms with Crippen molar-refractivity contribution in [2.24, 2.45) is 0 Å². The average Bonchev–Trinajstić information content (AvgIpc) is 2.60. The molecule has 0 atom stereocenters. The van der Waals surface area contributed by atoms with E-state index in [1.165, 1.54) is 11.3 Å². The van der Waals surface area contributed by atoms with E-state index in [9.17, 15) is 4.79 Å². The van der Waals surface area contributed by atoms with Gasteiger partial charge in [-0.25, -0.2) is 4.79 Å². The molecule has 0 saturated heterocycles. The van der Waals surface area contributed by atoms with Crippen molar-refractivity contribution in [3.05, 3.63) is 11.1 Å². The van der Waals surface area contributed by atoms with Gasteiger partial charge in [0.15, 0.2) is 5.06 Å². The number of thiophene rings is 1. The van der Waals surface area contributed by atoms with E-state index in [4.69, 9.17) is 15.2 Å². The molecule has 0 spiro atoms. The van der Waals surface area contributed by atoms with Crippen LogP contribution < -0.4 is 10.5 Å². The third-order valence-corrected chi connectivity index (χ3v) is 3.62. The van der Waals surface area contributed by atoms with E-state index < -0.39 is 0 Å². The van der Waals surface area contributed by atoms with Gasteiger partial charge in [0, 0.05) is 5.56 Å². The highest BCUT2D eigenvalue weighted by molar-refractivity contribution is 7.18. The summed E-state index contributed by atoms with van der Waals surface area (Å²) in [6, 6.07) is 0. The summed E-state index contributed by atoms with van der Waals surface area (Å²) in [6.07, 6.45) is 3.32. The molecule has 2 N–H and O–H groups in total. The summed E-state index contributed by atoms with van der Waals surface area (Å²) < 4.78 is 10.6. The fourth-order valence-corrected chi connectivity index (χ4v) is 2.56. The molecule has 0 aliphatic heterocycles. The predicted octanol–water partition coefficient (Wildman–Crippen LogP) is 3.38. The number of hydrogen-bond donors (Lipinski definition) is 1. The molecule has 18 heavy (non-hydrogen) atoms. The van der Waals surface area contributed by atoms with Crippen LogP contribution in [0.4, 0.5) is 5.00 Å². The van der Waals surface area contributed by atoms with Crippen LogP contribution in [0.5, 0.6) is 5.06 Å². The second-order valence-corrected chi connectivity index (χ2v) is 5.04. The van der Waals surface area contributed by atoms with E-state index in [-0.39, 0.29) is 5.97 Å². The molecule has 0 amide bonds. The topological polar surface area (TPSA) is 61.5 Å². The minimum absolute atomic E-state index is 0.347. The van der Waals surface area contributed by atoms with Crippen molar-refractivity contribution >= 4 is 22.3 Å². The van der Waals surface area contributed by atoms with E-state index >= 15 is 0 Å². The molecule has 5 heteroatoms. The first-order valence-electron chi connectivity index (χ1n) is 6.30. The molecular formula is C13H21NO3S. The van der Waals surface area contributed by atoms with Gasteiger partial charge in [-0.1, -0.05) is 31.1 Å². The standard InChI is InChI=1S/C13H21NO3S/c1-4-6-7-8-17-13-9(3)10(11(14)18-13)12(15)16-5-2/h4-8,14H2,1-3H3. The van der Waals surface area contributed by atoms with Gasteiger partial charge >= 0.3 is 5.97 Å². The molecule has 1 aromatic heterocycles. The zero-order valence-electron chi connectivity index (χ0n) is 11.2. The molecule has 1 heterocycles. The second kappa shape index (κ2) is 7.26. The molecule has 0 aliphatic rings. The zero-order valence-corrected chi connectivity index (χ0v) is 12.1. The average molecular weight is 271 g/mol. The molecule has 0 unspecified atom stereocenters. The van der Waals surface area contributed by atoms with E-state index in [0.717, 1.165) is 29.9 Å². The van der Waals surface area contributed by atoms with Crippen molar-refractivity contribution < 1.29 is 14.3 Å². The van der Waals surface area contributed by atoms with Gasteiger partial charge in [-0.2, -0.15) is 0 Å². The molecule has 102 valence electrons. The third-order valence-electron chi connectivity index (χ3n) is 2.59. The van der Waals surface area contributed by atoms with E-state index in [2.05, 4.69) is 6.92 Å². The van der Waals surface area contributed by atoms with Crippen molar-refractivity contribution in [2.75, 3.05) is 18.9 Å². The molecule has 4 nitrogen and oxygen atoms in total. The van der Waals surface area contributed by atoms with Crippen LogP contribution in [0.2, 0.25) is 0 Å². The normalized spacial score (nSPS) is 10.4. The number of unbranched alkanes of at least 4 members (excludes halogenated alkanes) is 2. The summed E-state index contributed by atoms with van der Waals surface area (Å²) >= 11 is 1.31. The van der Waals surface area contributed by atoms with Gasteiger partial charge in [0.25, 0.3) is 0 Å². The SMILES string of the molecule is CCCCCOc1sc(N)c(C(=O)OCC)c1C. The fraction of sp³-hybridized carbons (Fsp3) is 0.615. The molecule has 0 radical (unpaired) electrons. The Morgan fingerprint density at radius 1 is 1.33 bits per heavy atom. The maximum absolute atomic E-state index is 11.7. The number of hydrogen-bond acceptors (Lipinski definition) is 5. The second-order valence-electron chi connectivity index (χ2n) is 4.03. The zero-order chi connectivity index (χ0) is 13.5. The quantitative estimate of drug-likeness (QED) is 0.610. The Hall–Kier alpha value is -1.23. The first-order valence-corrected chi connectivity index (χ1v) is 7.12. The first kappa shape index (κ1) is 14.8. The summed E-state index contributed by atoms with van der Waals surface area (Å²) in [4.78, 5) is 11.7. The largest absolute Gasteiger partial charge is 0.484 e. The van der Waals surface area contributed by atoms with Gasteiger partial charge in [-0.15, -0.1) is 0 Å². The lowest BCUT2D eigenvalue weighted by molar-refractivity contribution is 0.0527. The van der Waals surface area contributed by atoms with E-state index in [0.29, 0.717) is 23.8 Å². The van der Waals surface area contributed by atoms with Gasteiger partial charge < -0.3 is 15.2 Å². The molecule has 0 aromatic carbocycles. The first-order chi connectivity index (χ1) is 8.61. The molecule has 1 rings (SSSR count). The van der Waals surface area contributed by atoms with Gasteiger partial charge in [-0.3, -0.25) is 0 Å². The third kappa shape index (κ3) is 3.63. The Bertz CT molecular complexity index is 401. The summed E-state index contributed by atoms with van der Waals surface area (Å²) in [5.74, 6) is -0.368. The Kier molecular flexibility index (Phi) is 5.98. The number of carbonyl (C=O) groups excluding carboxylic acids is 1. The van der Waals surface area contributed by atoms with Crippen LogP contribution in [0.25, 0.3) is 0 Å². The number of esters is 1. The minimum Gasteiger partial charge on any atom is -0.484 e. The summed E-state index contributed by atoms with van der Waals surface area (Å²) in [6.45, 7) is 6.77. The number of nitrogen functional groups attached to an aromatic ring is 1. The monoisotopic (exact) mass is 271 g/mol.